The number of carbonyl (C=O) groups is 6. The van der Waals surface area contributed by atoms with Gasteiger partial charge in [-0.15, -0.1) is 5.10 Å². The van der Waals surface area contributed by atoms with E-state index in [0.29, 0.717) is 47.3 Å². The van der Waals surface area contributed by atoms with Gasteiger partial charge in [-0.05, 0) is 61.0 Å². The summed E-state index contributed by atoms with van der Waals surface area (Å²) in [4.78, 5) is 78.1. The van der Waals surface area contributed by atoms with E-state index in [9.17, 15) is 42.3 Å². The second-order valence-corrected chi connectivity index (χ2v) is 15.4. The number of phenols is 1. The van der Waals surface area contributed by atoms with E-state index in [1.807, 2.05) is 4.90 Å². The number of anilines is 3. The molecule has 290 valence electrons. The molecule has 1 atom stereocenters. The van der Waals surface area contributed by atoms with Crippen molar-refractivity contribution in [2.24, 2.45) is 0 Å². The van der Waals surface area contributed by atoms with Crippen molar-refractivity contribution in [2.75, 3.05) is 41.1 Å². The number of rotatable bonds is 9. The van der Waals surface area contributed by atoms with Crippen LogP contribution in [0.4, 0.5) is 21.5 Å². The van der Waals surface area contributed by atoms with Crippen LogP contribution in [-0.2, 0) is 35.9 Å². The van der Waals surface area contributed by atoms with Gasteiger partial charge in [0.15, 0.2) is 5.82 Å². The maximum Gasteiger partial charge on any atom is 0.326 e. The van der Waals surface area contributed by atoms with Gasteiger partial charge in [0.05, 0.1) is 36.5 Å². The van der Waals surface area contributed by atoms with Gasteiger partial charge in [0, 0.05) is 36.3 Å². The molecule has 1 aromatic heterocycles. The molecule has 56 heavy (non-hydrogen) atoms. The number of fused-ring (bicyclic) bond motifs is 2. The Hall–Kier alpha value is -6.48. The van der Waals surface area contributed by atoms with Gasteiger partial charge in [-0.3, -0.25) is 43.9 Å². The Kier molecular flexibility index (Phi) is 9.11. The van der Waals surface area contributed by atoms with Gasteiger partial charge in [0.25, 0.3) is 17.7 Å². The molecule has 0 aliphatic carbocycles. The summed E-state index contributed by atoms with van der Waals surface area (Å²) in [5.41, 5.74) is 0.962. The largest absolute Gasteiger partial charge is 0.506 e. The van der Waals surface area contributed by atoms with Crippen LogP contribution in [0.2, 0.25) is 0 Å². The van der Waals surface area contributed by atoms with Crippen LogP contribution in [0.25, 0.3) is 10.8 Å². The van der Waals surface area contributed by atoms with Crippen LogP contribution in [0.3, 0.4) is 0 Å². The summed E-state index contributed by atoms with van der Waals surface area (Å²) >= 11 is 0. The van der Waals surface area contributed by atoms with E-state index < -0.39 is 69.6 Å². The monoisotopic (exact) mass is 788 g/mol. The summed E-state index contributed by atoms with van der Waals surface area (Å²) < 4.78 is 43.8. The molecule has 19 nitrogen and oxygen atoms in total. The van der Waals surface area contributed by atoms with Gasteiger partial charge in [-0.2, -0.15) is 8.42 Å². The standard InChI is InChI=1S/C35H33FN10O9S/c36-31-22-5-4-19(12-18(22)13-26(47)32(31)45-17-29(50)41-56(45,54)55)38-28(49)16-43-10-8-21(9-11-43)44-15-20(40-42-44)14-37-24-3-1-2-23-30(24)35(53)46(34(23)52)25-6-7-27(48)39-33(25)51/h1-5,12-13,15,21,25,37,47H,6-11,14,16-17H2,(H,38,49)(H,41,50)(H,39,48,51). The van der Waals surface area contributed by atoms with Gasteiger partial charge < -0.3 is 15.7 Å². The van der Waals surface area contributed by atoms with E-state index >= 15 is 4.39 Å². The average Bonchev–Trinajstić information content (AvgIpc) is 3.81. The van der Waals surface area contributed by atoms with Crippen molar-refractivity contribution in [1.82, 2.24) is 34.8 Å². The summed E-state index contributed by atoms with van der Waals surface area (Å²) in [6.45, 7) is 0.753. The fourth-order valence-corrected chi connectivity index (χ4v) is 8.63. The highest BCUT2D eigenvalue weighted by atomic mass is 32.2. The van der Waals surface area contributed by atoms with Crippen LogP contribution >= 0.6 is 0 Å². The second kappa shape index (κ2) is 14.0. The molecule has 4 aliphatic rings. The van der Waals surface area contributed by atoms with Crippen molar-refractivity contribution >= 4 is 73.5 Å². The smallest absolute Gasteiger partial charge is 0.326 e. The lowest BCUT2D eigenvalue weighted by molar-refractivity contribution is -0.136. The molecule has 5 N–H and O–H groups in total. The van der Waals surface area contributed by atoms with E-state index in [0.717, 1.165) is 11.0 Å². The number of carbonyl (C=O) groups excluding carboxylic acids is 6. The number of halogens is 1. The van der Waals surface area contributed by atoms with Crippen LogP contribution in [0, 0.1) is 5.82 Å². The van der Waals surface area contributed by atoms with E-state index in [4.69, 9.17) is 0 Å². The summed E-state index contributed by atoms with van der Waals surface area (Å²) in [6.07, 6.45) is 3.21. The molecule has 3 aromatic carbocycles. The third-order valence-electron chi connectivity index (χ3n) is 10.2. The Labute approximate surface area is 317 Å². The van der Waals surface area contributed by atoms with Crippen molar-refractivity contribution in [1.29, 1.82) is 0 Å². The zero-order chi connectivity index (χ0) is 39.5. The number of phenolic OH excluding ortho intramolecular Hbond substituents is 1. The SMILES string of the molecule is O=C1CCC(N2C(=O)c3cccc(NCc4cn(C5CCN(CC(=O)Nc6ccc7c(F)c(N8CC(=O)NS8(=O)=O)c(O)cc7c6)CC5)nn4)c3C2=O)C(=O)N1. The van der Waals surface area contributed by atoms with Crippen LogP contribution in [0.15, 0.2) is 48.7 Å². The van der Waals surface area contributed by atoms with E-state index in [-0.39, 0.29) is 59.8 Å². The molecule has 4 aromatic rings. The van der Waals surface area contributed by atoms with Crippen molar-refractivity contribution < 1.29 is 46.7 Å². The average molecular weight is 789 g/mol. The van der Waals surface area contributed by atoms with Crippen LogP contribution in [-0.4, -0.2) is 106 Å². The molecule has 21 heteroatoms. The predicted molar refractivity (Wildman–Crippen MR) is 194 cm³/mol. The highest BCUT2D eigenvalue weighted by Gasteiger charge is 2.45. The topological polar surface area (TPSA) is 245 Å². The number of amides is 6. The predicted octanol–water partition coefficient (Wildman–Crippen LogP) is 0.746. The number of aromatic hydroxyl groups is 1. The van der Waals surface area contributed by atoms with Crippen molar-refractivity contribution in [2.45, 2.75) is 44.3 Å². The quantitative estimate of drug-likeness (QED) is 0.147. The number of likely N-dealkylation sites (tertiary alicyclic amines) is 1. The normalized spacial score (nSPS) is 20.0. The van der Waals surface area contributed by atoms with Crippen LogP contribution < -0.4 is 25.0 Å². The summed E-state index contributed by atoms with van der Waals surface area (Å²) in [5, 5.41) is 27.4. The van der Waals surface area contributed by atoms with E-state index in [1.54, 1.807) is 27.7 Å². The van der Waals surface area contributed by atoms with E-state index in [1.165, 1.54) is 24.3 Å². The van der Waals surface area contributed by atoms with Crippen molar-refractivity contribution in [3.8, 4) is 5.75 Å². The fourth-order valence-electron chi connectivity index (χ4n) is 7.47. The number of aromatic nitrogens is 3. The summed E-state index contributed by atoms with van der Waals surface area (Å²) in [6, 6.07) is 9.15. The van der Waals surface area contributed by atoms with Gasteiger partial charge in [-0.25, -0.2) is 18.1 Å². The maximum atomic E-state index is 15.4. The minimum Gasteiger partial charge on any atom is -0.506 e. The van der Waals surface area contributed by atoms with Crippen LogP contribution in [0.5, 0.6) is 5.75 Å². The first-order chi connectivity index (χ1) is 26.8. The van der Waals surface area contributed by atoms with Crippen molar-refractivity contribution in [3.05, 3.63) is 71.3 Å². The maximum absolute atomic E-state index is 15.4. The molecule has 5 heterocycles. The molecule has 6 amide bonds. The number of nitrogens with one attached hydrogen (secondary N) is 4. The number of nitrogens with zero attached hydrogens (tertiary/aromatic N) is 6. The number of hydrogen-bond acceptors (Lipinski definition) is 13. The van der Waals surface area contributed by atoms with Crippen molar-refractivity contribution in [3.63, 3.8) is 0 Å². The molecule has 3 fully saturated rings. The zero-order valence-corrected chi connectivity index (χ0v) is 30.1. The molecule has 4 aliphatic heterocycles. The van der Waals surface area contributed by atoms with Gasteiger partial charge in [-0.1, -0.05) is 11.3 Å². The Morgan fingerprint density at radius 1 is 1.00 bits per heavy atom. The molecular formula is C35H33FN10O9S. The fraction of sp³-hybridized carbons (Fsp3) is 0.314. The minimum atomic E-state index is -4.36. The molecule has 0 spiro atoms. The third-order valence-corrected chi connectivity index (χ3v) is 11.5. The lowest BCUT2D eigenvalue weighted by Crippen LogP contribution is -2.54. The highest BCUT2D eigenvalue weighted by molar-refractivity contribution is 7.92. The third kappa shape index (κ3) is 6.63. The number of imide groups is 2. The van der Waals surface area contributed by atoms with E-state index in [2.05, 4.69) is 26.3 Å². The molecule has 3 saturated heterocycles. The van der Waals surface area contributed by atoms with Gasteiger partial charge in [0.1, 0.15) is 29.7 Å². The number of hydrogen-bond donors (Lipinski definition) is 5. The minimum absolute atomic E-state index is 0.00946. The second-order valence-electron chi connectivity index (χ2n) is 13.8. The number of benzene rings is 3. The Bertz CT molecular complexity index is 2480. The first-order valence-electron chi connectivity index (χ1n) is 17.6. The molecule has 8 rings (SSSR count). The Morgan fingerprint density at radius 3 is 2.52 bits per heavy atom. The summed E-state index contributed by atoms with van der Waals surface area (Å²) in [5.74, 6) is -5.26. The number of piperidine rings is 2. The van der Waals surface area contributed by atoms with Gasteiger partial charge in [0.2, 0.25) is 17.7 Å². The first kappa shape index (κ1) is 36.5. The molecule has 0 radical (unpaired) electrons. The lowest BCUT2D eigenvalue weighted by atomic mass is 10.0. The Balaban J connectivity index is 0.844. The van der Waals surface area contributed by atoms with Gasteiger partial charge >= 0.3 is 10.2 Å². The molecular weight excluding hydrogens is 756 g/mol. The molecule has 0 saturated carbocycles. The first-order valence-corrected chi connectivity index (χ1v) is 19.0. The zero-order valence-electron chi connectivity index (χ0n) is 29.3. The highest BCUT2D eigenvalue weighted by Crippen LogP contribution is 2.39. The molecule has 0 bridgehead atoms. The lowest BCUT2D eigenvalue weighted by Gasteiger charge is -2.31. The van der Waals surface area contributed by atoms with Crippen LogP contribution in [0.1, 0.15) is 58.1 Å². The molecule has 1 unspecified atom stereocenters. The Morgan fingerprint density at radius 2 is 1.79 bits per heavy atom. The summed E-state index contributed by atoms with van der Waals surface area (Å²) in [7, 11) is -4.36.